The second kappa shape index (κ2) is 71.4. The van der Waals surface area contributed by atoms with Crippen LogP contribution in [0.2, 0.25) is 0 Å². The lowest BCUT2D eigenvalue weighted by Gasteiger charge is -2.18. The molecular weight excluding hydrogens is 1010 g/mol. The summed E-state index contributed by atoms with van der Waals surface area (Å²) in [7, 11) is 0. The van der Waals surface area contributed by atoms with Crippen molar-refractivity contribution in [1.29, 1.82) is 0 Å². The summed E-state index contributed by atoms with van der Waals surface area (Å²) < 4.78 is 17.0. The van der Waals surface area contributed by atoms with Gasteiger partial charge in [-0.2, -0.15) is 0 Å². The molecule has 0 amide bonds. The van der Waals surface area contributed by atoms with Crippen molar-refractivity contribution in [3.63, 3.8) is 0 Å². The summed E-state index contributed by atoms with van der Waals surface area (Å²) in [5, 5.41) is 0. The number of rotatable bonds is 70. The highest BCUT2D eigenvalue weighted by Crippen LogP contribution is 2.19. The number of ether oxygens (including phenoxy) is 3. The van der Waals surface area contributed by atoms with Crippen LogP contribution in [0.15, 0.2) is 24.3 Å². The quantitative estimate of drug-likeness (QED) is 0.0261. The van der Waals surface area contributed by atoms with Crippen LogP contribution in [0.5, 0.6) is 0 Å². The number of carbonyl (C=O) groups excluding carboxylic acids is 3. The van der Waals surface area contributed by atoms with Crippen LogP contribution in [0.3, 0.4) is 0 Å². The van der Waals surface area contributed by atoms with Gasteiger partial charge < -0.3 is 14.2 Å². The molecule has 0 bridgehead atoms. The van der Waals surface area contributed by atoms with Crippen LogP contribution in [0.4, 0.5) is 0 Å². The van der Waals surface area contributed by atoms with Crippen molar-refractivity contribution in [3.05, 3.63) is 24.3 Å². The van der Waals surface area contributed by atoms with E-state index in [1.165, 1.54) is 315 Å². The predicted molar refractivity (Wildman–Crippen MR) is 358 cm³/mol. The van der Waals surface area contributed by atoms with Gasteiger partial charge in [-0.3, -0.25) is 14.4 Å². The van der Waals surface area contributed by atoms with Gasteiger partial charge in [-0.05, 0) is 51.4 Å². The number of unbranched alkanes of at least 4 members (excludes halogenated alkanes) is 55. The lowest BCUT2D eigenvalue weighted by molar-refractivity contribution is -0.167. The van der Waals surface area contributed by atoms with Gasteiger partial charge in [0.25, 0.3) is 0 Å². The van der Waals surface area contributed by atoms with Crippen LogP contribution in [-0.2, 0) is 28.6 Å². The number of allylic oxidation sites excluding steroid dienone is 4. The first kappa shape index (κ1) is 79.9. The molecule has 0 aliphatic rings. The Bertz CT molecular complexity index is 1320. The van der Waals surface area contributed by atoms with Crippen molar-refractivity contribution in [2.24, 2.45) is 0 Å². The van der Waals surface area contributed by atoms with Crippen LogP contribution in [0.1, 0.15) is 425 Å². The molecule has 0 saturated heterocycles. The van der Waals surface area contributed by atoms with Gasteiger partial charge in [-0.15, -0.1) is 0 Å². The largest absolute Gasteiger partial charge is 0.462 e. The molecule has 484 valence electrons. The minimum Gasteiger partial charge on any atom is -0.462 e. The Hall–Kier alpha value is -2.11. The Balaban J connectivity index is 4.18. The third kappa shape index (κ3) is 68.7. The first-order valence-corrected chi connectivity index (χ1v) is 37.3. The first-order chi connectivity index (χ1) is 40.5. The third-order valence-corrected chi connectivity index (χ3v) is 17.2. The fraction of sp³-hybridized carbons (Fsp3) is 0.908. The van der Waals surface area contributed by atoms with Crippen LogP contribution in [0, 0.1) is 0 Å². The van der Waals surface area contributed by atoms with Crippen LogP contribution in [0.25, 0.3) is 0 Å². The van der Waals surface area contributed by atoms with Crippen molar-refractivity contribution >= 4 is 17.9 Å². The summed E-state index contributed by atoms with van der Waals surface area (Å²) in [4.78, 5) is 38.5. The standard InChI is InChI=1S/C76H144O6/c1-4-7-10-13-16-19-22-25-28-31-33-34-35-36-37-38-39-40-41-42-43-44-46-48-51-54-57-60-63-66-69-75(78)81-72-73(71-80-74(77)68-65-62-59-56-53-50-47-30-27-24-21-18-15-12-9-6-3)82-76(79)70-67-64-61-58-55-52-49-45-32-29-26-23-20-17-14-11-8-5-2/h20,23,29,32,73H,4-19,21-22,24-28,30-31,33-72H2,1-3H3/b23-20-,32-29-. The SMILES string of the molecule is CCCCCC/C=C\C/C=C\CCCCCCCCCC(=O)OC(COC(=O)CCCCCCCCCCCCCCCCCC)COC(=O)CCCCCCCCCCCCCCCCCCCCCCCCCCCCCCCC. The van der Waals surface area contributed by atoms with Gasteiger partial charge in [0.2, 0.25) is 0 Å². The average molecular weight is 1150 g/mol. The molecular formula is C76H144O6. The lowest BCUT2D eigenvalue weighted by atomic mass is 10.0. The molecule has 82 heavy (non-hydrogen) atoms. The third-order valence-electron chi connectivity index (χ3n) is 17.2. The van der Waals surface area contributed by atoms with E-state index in [2.05, 4.69) is 45.1 Å². The summed E-state index contributed by atoms with van der Waals surface area (Å²) in [5.41, 5.74) is 0. The van der Waals surface area contributed by atoms with Crippen LogP contribution >= 0.6 is 0 Å². The predicted octanol–water partition coefficient (Wildman–Crippen LogP) is 25.7. The number of hydrogen-bond donors (Lipinski definition) is 0. The number of hydrogen-bond acceptors (Lipinski definition) is 6. The number of carbonyl (C=O) groups is 3. The Kier molecular flexibility index (Phi) is 69.5. The number of esters is 3. The molecule has 0 aliphatic carbocycles. The normalized spacial score (nSPS) is 12.1. The monoisotopic (exact) mass is 1150 g/mol. The summed E-state index contributed by atoms with van der Waals surface area (Å²) in [6.45, 7) is 6.71. The van der Waals surface area contributed by atoms with E-state index in [4.69, 9.17) is 14.2 Å². The van der Waals surface area contributed by atoms with Crippen molar-refractivity contribution < 1.29 is 28.6 Å². The Morgan fingerprint density at radius 1 is 0.244 bits per heavy atom. The Morgan fingerprint density at radius 3 is 0.683 bits per heavy atom. The van der Waals surface area contributed by atoms with Gasteiger partial charge >= 0.3 is 17.9 Å². The van der Waals surface area contributed by atoms with E-state index in [0.29, 0.717) is 19.3 Å². The lowest BCUT2D eigenvalue weighted by Crippen LogP contribution is -2.30. The second-order valence-electron chi connectivity index (χ2n) is 25.6. The molecule has 0 fully saturated rings. The molecule has 0 radical (unpaired) electrons. The van der Waals surface area contributed by atoms with E-state index < -0.39 is 6.10 Å². The van der Waals surface area contributed by atoms with Crippen molar-refractivity contribution in [1.82, 2.24) is 0 Å². The highest BCUT2D eigenvalue weighted by molar-refractivity contribution is 5.71. The highest BCUT2D eigenvalue weighted by atomic mass is 16.6. The molecule has 1 atom stereocenters. The van der Waals surface area contributed by atoms with Crippen molar-refractivity contribution in [2.75, 3.05) is 13.2 Å². The molecule has 6 heteroatoms. The second-order valence-corrected chi connectivity index (χ2v) is 25.6. The van der Waals surface area contributed by atoms with E-state index >= 15 is 0 Å². The van der Waals surface area contributed by atoms with Crippen LogP contribution < -0.4 is 0 Å². The molecule has 0 aliphatic heterocycles. The van der Waals surface area contributed by atoms with E-state index in [1.54, 1.807) is 0 Å². The maximum atomic E-state index is 13.0. The van der Waals surface area contributed by atoms with Crippen LogP contribution in [-0.4, -0.2) is 37.2 Å². The smallest absolute Gasteiger partial charge is 0.306 e. The Labute approximate surface area is 513 Å². The van der Waals surface area contributed by atoms with Gasteiger partial charge in [0.05, 0.1) is 0 Å². The van der Waals surface area contributed by atoms with Gasteiger partial charge in [0, 0.05) is 19.3 Å². The van der Waals surface area contributed by atoms with Gasteiger partial charge in [0.15, 0.2) is 6.10 Å². The zero-order valence-electron chi connectivity index (χ0n) is 55.8. The van der Waals surface area contributed by atoms with Crippen molar-refractivity contribution in [3.8, 4) is 0 Å². The average Bonchev–Trinajstić information content (AvgIpc) is 3.47. The molecule has 0 spiro atoms. The van der Waals surface area contributed by atoms with Gasteiger partial charge in [0.1, 0.15) is 13.2 Å². The zero-order chi connectivity index (χ0) is 59.2. The summed E-state index contributed by atoms with van der Waals surface area (Å²) >= 11 is 0. The fourth-order valence-corrected chi connectivity index (χ4v) is 11.6. The van der Waals surface area contributed by atoms with E-state index in [0.717, 1.165) is 70.6 Å². The van der Waals surface area contributed by atoms with Gasteiger partial charge in [-0.1, -0.05) is 379 Å². The molecule has 0 aromatic rings. The van der Waals surface area contributed by atoms with E-state index in [1.807, 2.05) is 0 Å². The van der Waals surface area contributed by atoms with Gasteiger partial charge in [-0.25, -0.2) is 0 Å². The topological polar surface area (TPSA) is 78.9 Å². The summed E-state index contributed by atoms with van der Waals surface area (Å²) in [6, 6.07) is 0. The maximum absolute atomic E-state index is 13.0. The molecule has 0 heterocycles. The van der Waals surface area contributed by atoms with Crippen molar-refractivity contribution in [2.45, 2.75) is 431 Å². The summed E-state index contributed by atoms with van der Waals surface area (Å²) in [5.74, 6) is -0.841. The molecule has 0 aromatic heterocycles. The fourth-order valence-electron chi connectivity index (χ4n) is 11.6. The van der Waals surface area contributed by atoms with E-state index in [9.17, 15) is 14.4 Å². The molecule has 0 N–H and O–H groups in total. The zero-order valence-corrected chi connectivity index (χ0v) is 55.8. The molecule has 1 unspecified atom stereocenters. The first-order valence-electron chi connectivity index (χ1n) is 37.3. The molecule has 0 aromatic carbocycles. The molecule has 0 saturated carbocycles. The molecule has 0 rings (SSSR count). The molecule has 6 nitrogen and oxygen atoms in total. The Morgan fingerprint density at radius 2 is 0.439 bits per heavy atom. The highest BCUT2D eigenvalue weighted by Gasteiger charge is 2.20. The minimum absolute atomic E-state index is 0.0680. The van der Waals surface area contributed by atoms with E-state index in [-0.39, 0.29) is 31.1 Å². The minimum atomic E-state index is -0.773. The maximum Gasteiger partial charge on any atom is 0.306 e. The summed E-state index contributed by atoms with van der Waals surface area (Å²) in [6.07, 6.45) is 88.0.